The molecular formula is C8H21BrP. The SMILES string of the molecule is Br.CC[P](CC)(CC)CC. The van der Waals surface area contributed by atoms with Crippen molar-refractivity contribution in [3.05, 3.63) is 0 Å². The van der Waals surface area contributed by atoms with Crippen LogP contribution in [-0.4, -0.2) is 24.6 Å². The van der Waals surface area contributed by atoms with Crippen LogP contribution in [0.1, 0.15) is 27.7 Å². The highest BCUT2D eigenvalue weighted by molar-refractivity contribution is 8.93. The van der Waals surface area contributed by atoms with Gasteiger partial charge < -0.3 is 0 Å². The van der Waals surface area contributed by atoms with Crippen LogP contribution in [0.2, 0.25) is 0 Å². The number of rotatable bonds is 4. The number of halogens is 1. The molecule has 0 aromatic carbocycles. The van der Waals surface area contributed by atoms with Crippen LogP contribution in [0.3, 0.4) is 0 Å². The van der Waals surface area contributed by atoms with E-state index in [1.807, 2.05) is 0 Å². The van der Waals surface area contributed by atoms with Gasteiger partial charge in [0.2, 0.25) is 0 Å². The summed E-state index contributed by atoms with van der Waals surface area (Å²) in [6.07, 6.45) is 5.82. The maximum absolute atomic E-state index is 2.35. The Morgan fingerprint density at radius 2 is 0.900 bits per heavy atom. The van der Waals surface area contributed by atoms with E-state index in [1.54, 1.807) is 0 Å². The summed E-state index contributed by atoms with van der Waals surface area (Å²) in [6.45, 7) is 9.41. The van der Waals surface area contributed by atoms with Gasteiger partial charge in [-0.3, -0.25) is 0 Å². The molecule has 0 saturated heterocycles. The Hall–Kier alpha value is 0.910. The van der Waals surface area contributed by atoms with Gasteiger partial charge in [-0.2, -0.15) is 0 Å². The monoisotopic (exact) mass is 227 g/mol. The predicted molar refractivity (Wildman–Crippen MR) is 59.4 cm³/mol. The number of hydrogen-bond donors (Lipinski definition) is 0. The predicted octanol–water partition coefficient (Wildman–Crippen LogP) is 3.66. The van der Waals surface area contributed by atoms with Crippen LogP contribution in [0.15, 0.2) is 0 Å². The van der Waals surface area contributed by atoms with Crippen LogP contribution in [0.5, 0.6) is 0 Å². The average molecular weight is 228 g/mol. The van der Waals surface area contributed by atoms with E-state index >= 15 is 0 Å². The van der Waals surface area contributed by atoms with Crippen LogP contribution < -0.4 is 0 Å². The Balaban J connectivity index is 0. The van der Waals surface area contributed by atoms with Crippen molar-refractivity contribution >= 4 is 24.2 Å². The second-order valence-corrected chi connectivity index (χ2v) is 7.82. The summed E-state index contributed by atoms with van der Waals surface area (Å²) in [7, 11) is -0.420. The summed E-state index contributed by atoms with van der Waals surface area (Å²) in [5, 5.41) is 0. The van der Waals surface area contributed by atoms with Gasteiger partial charge in [-0.05, 0) is 24.6 Å². The first-order chi connectivity index (χ1) is 4.24. The van der Waals surface area contributed by atoms with Crippen LogP contribution in [-0.2, 0) is 0 Å². The highest BCUT2D eigenvalue weighted by atomic mass is 79.9. The van der Waals surface area contributed by atoms with Crippen molar-refractivity contribution in [3.8, 4) is 0 Å². The third kappa shape index (κ3) is 3.34. The summed E-state index contributed by atoms with van der Waals surface area (Å²) >= 11 is 0. The van der Waals surface area contributed by atoms with E-state index < -0.39 is 7.26 Å². The van der Waals surface area contributed by atoms with Gasteiger partial charge in [0.25, 0.3) is 0 Å². The minimum absolute atomic E-state index is 0. The molecule has 0 aliphatic rings. The van der Waals surface area contributed by atoms with Crippen molar-refractivity contribution in [2.24, 2.45) is 0 Å². The Morgan fingerprint density at radius 3 is 0.900 bits per heavy atom. The molecule has 0 aliphatic heterocycles. The fraction of sp³-hybridized carbons (Fsp3) is 1.00. The lowest BCUT2D eigenvalue weighted by atomic mass is 10.9. The van der Waals surface area contributed by atoms with Gasteiger partial charge >= 0.3 is 0 Å². The van der Waals surface area contributed by atoms with Gasteiger partial charge in [0, 0.05) is 0 Å². The summed E-state index contributed by atoms with van der Waals surface area (Å²) < 4.78 is 0. The van der Waals surface area contributed by atoms with Gasteiger partial charge in [0.05, 0.1) is 0 Å². The lowest BCUT2D eigenvalue weighted by molar-refractivity contribution is 1.25. The van der Waals surface area contributed by atoms with E-state index in [2.05, 4.69) is 27.7 Å². The Labute approximate surface area is 76.9 Å². The van der Waals surface area contributed by atoms with E-state index in [-0.39, 0.29) is 17.0 Å². The molecule has 0 aromatic heterocycles. The molecular weight excluding hydrogens is 207 g/mol. The van der Waals surface area contributed by atoms with E-state index in [1.165, 1.54) is 24.6 Å². The third-order valence-corrected chi connectivity index (χ3v) is 8.05. The maximum Gasteiger partial charge on any atom is -0.0388 e. The molecule has 0 bridgehead atoms. The Kier molecular flexibility index (Phi) is 8.92. The van der Waals surface area contributed by atoms with Gasteiger partial charge in [-0.15, -0.1) is 24.2 Å². The summed E-state index contributed by atoms with van der Waals surface area (Å²) in [5.74, 6) is 0. The molecule has 0 aliphatic carbocycles. The Bertz CT molecular complexity index is 52.1. The largest absolute Gasteiger partial charge is 0.126 e. The van der Waals surface area contributed by atoms with Gasteiger partial charge in [-0.25, -0.2) is 0 Å². The van der Waals surface area contributed by atoms with Crippen LogP contribution in [0.25, 0.3) is 0 Å². The summed E-state index contributed by atoms with van der Waals surface area (Å²) in [5.41, 5.74) is 0. The molecule has 0 N–H and O–H groups in total. The molecule has 0 nitrogen and oxygen atoms in total. The van der Waals surface area contributed by atoms with Gasteiger partial charge in [0.15, 0.2) is 0 Å². The van der Waals surface area contributed by atoms with Crippen molar-refractivity contribution < 1.29 is 0 Å². The standard InChI is InChI=1S/C8H20P.BrH/c1-5-9(6-2,7-3)8-4;/h5-8H2,1-4H3;1H. The minimum atomic E-state index is -0.420. The van der Waals surface area contributed by atoms with Crippen LogP contribution in [0, 0.1) is 0 Å². The molecule has 65 valence electrons. The second-order valence-electron chi connectivity index (χ2n) is 2.61. The number of hydrogen-bond acceptors (Lipinski definition) is 0. The van der Waals surface area contributed by atoms with Gasteiger partial charge in [-0.1, -0.05) is 27.7 Å². The highest BCUT2D eigenvalue weighted by Crippen LogP contribution is 2.57. The zero-order valence-corrected chi connectivity index (χ0v) is 10.3. The van der Waals surface area contributed by atoms with Crippen molar-refractivity contribution in [2.45, 2.75) is 27.7 Å². The maximum atomic E-state index is 2.35. The molecule has 0 atom stereocenters. The van der Waals surface area contributed by atoms with Crippen molar-refractivity contribution in [3.63, 3.8) is 0 Å². The average Bonchev–Trinajstić information content (AvgIpc) is 1.95. The summed E-state index contributed by atoms with van der Waals surface area (Å²) in [4.78, 5) is 0. The topological polar surface area (TPSA) is 0 Å². The molecule has 0 rings (SSSR count). The first-order valence-corrected chi connectivity index (χ1v) is 6.62. The normalized spacial score (nSPS) is 10.8. The van der Waals surface area contributed by atoms with E-state index in [4.69, 9.17) is 0 Å². The molecule has 0 amide bonds. The molecule has 0 heterocycles. The lowest BCUT2D eigenvalue weighted by Crippen LogP contribution is -2.04. The molecule has 2 heteroatoms. The van der Waals surface area contributed by atoms with E-state index in [0.717, 1.165) is 0 Å². The summed E-state index contributed by atoms with van der Waals surface area (Å²) in [6, 6.07) is 0. The van der Waals surface area contributed by atoms with Crippen molar-refractivity contribution in [1.82, 2.24) is 0 Å². The van der Waals surface area contributed by atoms with Crippen LogP contribution in [0.4, 0.5) is 0 Å². The molecule has 0 aromatic rings. The molecule has 0 spiro atoms. The molecule has 0 fully saturated rings. The van der Waals surface area contributed by atoms with Crippen LogP contribution >= 0.6 is 24.2 Å². The van der Waals surface area contributed by atoms with Crippen molar-refractivity contribution in [2.75, 3.05) is 24.6 Å². The highest BCUT2D eigenvalue weighted by Gasteiger charge is 2.16. The zero-order chi connectivity index (χ0) is 7.33. The van der Waals surface area contributed by atoms with E-state index in [9.17, 15) is 0 Å². The quantitative estimate of drug-likeness (QED) is 0.644. The smallest absolute Gasteiger partial charge is 0.0388 e. The van der Waals surface area contributed by atoms with Gasteiger partial charge in [0.1, 0.15) is 0 Å². The first kappa shape index (κ1) is 13.5. The Morgan fingerprint density at radius 1 is 0.700 bits per heavy atom. The molecule has 1 radical (unpaired) electrons. The fourth-order valence-electron chi connectivity index (χ4n) is 1.34. The molecule has 10 heavy (non-hydrogen) atoms. The van der Waals surface area contributed by atoms with E-state index in [0.29, 0.717) is 0 Å². The first-order valence-electron chi connectivity index (χ1n) is 4.09. The lowest BCUT2D eigenvalue weighted by Gasteiger charge is -2.31. The zero-order valence-electron chi connectivity index (χ0n) is 7.68. The fourth-order valence-corrected chi connectivity index (χ4v) is 4.02. The third-order valence-electron chi connectivity index (χ3n) is 2.68. The molecule has 0 unspecified atom stereocenters. The molecule has 0 saturated carbocycles. The second kappa shape index (κ2) is 6.61. The minimum Gasteiger partial charge on any atom is -0.126 e. The van der Waals surface area contributed by atoms with Crippen molar-refractivity contribution in [1.29, 1.82) is 0 Å².